The Hall–Kier alpha value is 0.920. The van der Waals surface area contributed by atoms with E-state index in [2.05, 4.69) is 25.9 Å². The molecule has 0 aliphatic heterocycles. The molecule has 0 rings (SSSR count). The van der Waals surface area contributed by atoms with Gasteiger partial charge in [0.15, 0.2) is 5.62 Å². The second-order valence-electron chi connectivity index (χ2n) is 2.75. The van der Waals surface area contributed by atoms with Crippen molar-refractivity contribution < 1.29 is 4.52 Å². The second-order valence-corrected chi connectivity index (χ2v) is 9.75. The summed E-state index contributed by atoms with van der Waals surface area (Å²) >= 11 is 7.27. The summed E-state index contributed by atoms with van der Waals surface area (Å²) < 4.78 is 5.62. The van der Waals surface area contributed by atoms with Crippen LogP contribution in [0, 0.1) is 0 Å². The first-order valence-electron chi connectivity index (χ1n) is 4.76. The van der Waals surface area contributed by atoms with Crippen LogP contribution in [0.4, 0.5) is 0 Å². The SMILES string of the molecule is CCNP(=S)(OCC)SC(C)CC. The summed E-state index contributed by atoms with van der Waals surface area (Å²) in [5.41, 5.74) is -1.79. The maximum atomic E-state index is 5.62. The standard InChI is InChI=1S/C8H20NOPS2/c1-5-8(4)13-11(12,9-6-2)10-7-3/h8H,5-7H2,1-4H3,(H,9,12). The molecule has 0 aromatic heterocycles. The molecule has 0 saturated carbocycles. The van der Waals surface area contributed by atoms with Gasteiger partial charge in [-0.2, -0.15) is 0 Å². The van der Waals surface area contributed by atoms with E-state index in [4.69, 9.17) is 16.3 Å². The van der Waals surface area contributed by atoms with Crippen molar-refractivity contribution in [3.8, 4) is 0 Å². The highest BCUT2D eigenvalue weighted by atomic mass is 32.9. The van der Waals surface area contributed by atoms with Crippen molar-refractivity contribution in [1.82, 2.24) is 5.09 Å². The predicted octanol–water partition coefficient (Wildman–Crippen LogP) is 3.39. The van der Waals surface area contributed by atoms with Crippen molar-refractivity contribution in [2.75, 3.05) is 13.2 Å². The van der Waals surface area contributed by atoms with Gasteiger partial charge >= 0.3 is 0 Å². The van der Waals surface area contributed by atoms with Crippen LogP contribution in [-0.2, 0) is 16.3 Å². The van der Waals surface area contributed by atoms with Gasteiger partial charge in [0, 0.05) is 5.25 Å². The number of hydrogen-bond donors (Lipinski definition) is 1. The normalized spacial score (nSPS) is 18.2. The Morgan fingerprint density at radius 2 is 2.08 bits per heavy atom. The Bertz CT molecular complexity index is 168. The third-order valence-corrected chi connectivity index (χ3v) is 7.91. The molecule has 0 radical (unpaired) electrons. The molecule has 80 valence electrons. The van der Waals surface area contributed by atoms with Crippen LogP contribution in [0.15, 0.2) is 0 Å². The van der Waals surface area contributed by atoms with Crippen LogP contribution in [0.25, 0.3) is 0 Å². The van der Waals surface area contributed by atoms with Crippen LogP contribution >= 0.6 is 17.0 Å². The summed E-state index contributed by atoms with van der Waals surface area (Å²) in [6.07, 6.45) is 1.14. The highest BCUT2D eigenvalue weighted by Crippen LogP contribution is 2.58. The molecule has 0 bridgehead atoms. The van der Waals surface area contributed by atoms with E-state index in [-0.39, 0.29) is 0 Å². The maximum absolute atomic E-state index is 5.62. The molecule has 0 fully saturated rings. The van der Waals surface area contributed by atoms with Gasteiger partial charge in [0.05, 0.1) is 6.61 Å². The van der Waals surface area contributed by atoms with Crippen molar-refractivity contribution >= 4 is 28.8 Å². The van der Waals surface area contributed by atoms with Gasteiger partial charge in [-0.15, -0.1) is 0 Å². The van der Waals surface area contributed by atoms with E-state index in [1.807, 2.05) is 6.92 Å². The fraction of sp³-hybridized carbons (Fsp3) is 1.00. The first kappa shape index (κ1) is 13.9. The smallest absolute Gasteiger partial charge is 0.186 e. The van der Waals surface area contributed by atoms with E-state index < -0.39 is 5.62 Å². The molecule has 0 aliphatic rings. The summed E-state index contributed by atoms with van der Waals surface area (Å²) in [7, 11) is 0. The van der Waals surface area contributed by atoms with Gasteiger partial charge in [0.1, 0.15) is 0 Å². The van der Waals surface area contributed by atoms with Crippen molar-refractivity contribution in [3.05, 3.63) is 0 Å². The third-order valence-electron chi connectivity index (χ3n) is 1.54. The molecule has 13 heavy (non-hydrogen) atoms. The second kappa shape index (κ2) is 7.24. The molecule has 0 spiro atoms. The predicted molar refractivity (Wildman–Crippen MR) is 66.9 cm³/mol. The van der Waals surface area contributed by atoms with Crippen LogP contribution < -0.4 is 5.09 Å². The highest BCUT2D eigenvalue weighted by molar-refractivity contribution is 8.69. The monoisotopic (exact) mass is 241 g/mol. The van der Waals surface area contributed by atoms with E-state index in [0.717, 1.165) is 13.0 Å². The molecular weight excluding hydrogens is 221 g/mol. The van der Waals surface area contributed by atoms with Crippen LogP contribution in [0.3, 0.4) is 0 Å². The Kier molecular flexibility index (Phi) is 7.76. The minimum absolute atomic E-state index is 0.580. The van der Waals surface area contributed by atoms with Crippen molar-refractivity contribution in [2.45, 2.75) is 39.4 Å². The molecular formula is C8H20NOPS2. The Balaban J connectivity index is 4.14. The first-order valence-corrected chi connectivity index (χ1v) is 8.96. The summed E-state index contributed by atoms with van der Waals surface area (Å²) in [5.74, 6) is 0. The average Bonchev–Trinajstić information content (AvgIpc) is 2.04. The zero-order valence-corrected chi connectivity index (χ0v) is 11.4. The minimum atomic E-state index is -1.79. The van der Waals surface area contributed by atoms with Crippen LogP contribution in [0.1, 0.15) is 34.1 Å². The Labute approximate surface area is 91.1 Å². The summed E-state index contributed by atoms with van der Waals surface area (Å²) in [6.45, 7) is 10.0. The molecule has 0 amide bonds. The molecule has 0 aromatic rings. The lowest BCUT2D eigenvalue weighted by atomic mass is 10.4. The number of rotatable bonds is 7. The zero-order valence-electron chi connectivity index (χ0n) is 8.87. The zero-order chi connectivity index (χ0) is 10.3. The van der Waals surface area contributed by atoms with E-state index in [1.165, 1.54) is 0 Å². The molecule has 0 aromatic carbocycles. The van der Waals surface area contributed by atoms with E-state index in [1.54, 1.807) is 11.4 Å². The van der Waals surface area contributed by atoms with Gasteiger partial charge in [0.2, 0.25) is 0 Å². The molecule has 5 heteroatoms. The lowest BCUT2D eigenvalue weighted by Crippen LogP contribution is -2.11. The Morgan fingerprint density at radius 1 is 1.46 bits per heavy atom. The minimum Gasteiger partial charge on any atom is -0.331 e. The van der Waals surface area contributed by atoms with E-state index in [0.29, 0.717) is 11.9 Å². The molecule has 2 unspecified atom stereocenters. The summed E-state index contributed by atoms with van der Waals surface area (Å²) in [6, 6.07) is 0. The van der Waals surface area contributed by atoms with Crippen LogP contribution in [-0.4, -0.2) is 18.4 Å². The fourth-order valence-electron chi connectivity index (χ4n) is 0.788. The van der Waals surface area contributed by atoms with E-state index in [9.17, 15) is 0 Å². The van der Waals surface area contributed by atoms with Crippen molar-refractivity contribution in [2.24, 2.45) is 0 Å². The lowest BCUT2D eigenvalue weighted by Gasteiger charge is -2.23. The average molecular weight is 241 g/mol. The molecule has 2 nitrogen and oxygen atoms in total. The topological polar surface area (TPSA) is 21.3 Å². The summed E-state index contributed by atoms with van der Waals surface area (Å²) in [5, 5.41) is 3.87. The van der Waals surface area contributed by atoms with Gasteiger partial charge in [-0.05, 0) is 31.7 Å². The Morgan fingerprint density at radius 3 is 2.46 bits per heavy atom. The maximum Gasteiger partial charge on any atom is 0.186 e. The molecule has 0 saturated heterocycles. The quantitative estimate of drug-likeness (QED) is 0.689. The van der Waals surface area contributed by atoms with Gasteiger partial charge in [-0.1, -0.05) is 32.2 Å². The van der Waals surface area contributed by atoms with Crippen LogP contribution in [0.2, 0.25) is 0 Å². The largest absolute Gasteiger partial charge is 0.331 e. The van der Waals surface area contributed by atoms with Crippen molar-refractivity contribution in [3.63, 3.8) is 0 Å². The molecule has 1 N–H and O–H groups in total. The fourth-order valence-corrected chi connectivity index (χ4v) is 7.37. The van der Waals surface area contributed by atoms with Gasteiger partial charge in [-0.25, -0.2) is 0 Å². The van der Waals surface area contributed by atoms with Crippen molar-refractivity contribution in [1.29, 1.82) is 0 Å². The molecule has 2 atom stereocenters. The number of hydrogen-bond acceptors (Lipinski definition) is 3. The van der Waals surface area contributed by atoms with Crippen LogP contribution in [0.5, 0.6) is 0 Å². The van der Waals surface area contributed by atoms with Gasteiger partial charge < -0.3 is 4.52 Å². The molecule has 0 aliphatic carbocycles. The van der Waals surface area contributed by atoms with E-state index >= 15 is 0 Å². The summed E-state index contributed by atoms with van der Waals surface area (Å²) in [4.78, 5) is 0. The number of nitrogens with one attached hydrogen (secondary N) is 1. The third kappa shape index (κ3) is 6.08. The van der Waals surface area contributed by atoms with Gasteiger partial charge in [0.25, 0.3) is 0 Å². The molecule has 0 heterocycles. The first-order chi connectivity index (χ1) is 6.08. The highest BCUT2D eigenvalue weighted by Gasteiger charge is 2.19. The lowest BCUT2D eigenvalue weighted by molar-refractivity contribution is 0.379. The van der Waals surface area contributed by atoms with Gasteiger partial charge in [-0.3, -0.25) is 5.09 Å².